The first kappa shape index (κ1) is 33.5. The Morgan fingerprint density at radius 1 is 0.583 bits per heavy atom. The van der Waals surface area contributed by atoms with Crippen molar-refractivity contribution in [3.05, 3.63) is 35.9 Å². The zero-order valence-electron chi connectivity index (χ0n) is 24.8. The summed E-state index contributed by atoms with van der Waals surface area (Å²) in [7, 11) is 0. The lowest BCUT2D eigenvalue weighted by Crippen LogP contribution is -2.20. The molecule has 0 aliphatic carbocycles. The molecule has 210 valence electrons. The van der Waals surface area contributed by atoms with Gasteiger partial charge in [-0.1, -0.05) is 173 Å². The molecule has 0 spiro atoms. The Bertz CT molecular complexity index is 565. The second kappa shape index (κ2) is 23.6. The normalized spacial score (nSPS) is 14.1. The number of hydrogen-bond acceptors (Lipinski definition) is 0. The Labute approximate surface area is 232 Å². The molecule has 1 rings (SSSR count). The van der Waals surface area contributed by atoms with E-state index in [1.165, 1.54) is 160 Å². The topological polar surface area (TPSA) is 0 Å². The minimum absolute atomic E-state index is 0.356. The average Bonchev–Trinajstić information content (AvgIpc) is 2.86. The fourth-order valence-corrected chi connectivity index (χ4v) is 5.98. The van der Waals surface area contributed by atoms with Gasteiger partial charge in [0.05, 0.1) is 0 Å². The number of rotatable bonds is 26. The molecular formula is C35H63Cl. The van der Waals surface area contributed by atoms with Gasteiger partial charge in [-0.05, 0) is 43.6 Å². The first-order chi connectivity index (χ1) is 17.6. The van der Waals surface area contributed by atoms with E-state index in [4.69, 9.17) is 11.6 Å². The molecule has 1 aromatic rings. The van der Waals surface area contributed by atoms with E-state index in [1.807, 2.05) is 0 Å². The molecule has 0 heterocycles. The van der Waals surface area contributed by atoms with Crippen molar-refractivity contribution in [3.63, 3.8) is 0 Å². The lowest BCUT2D eigenvalue weighted by molar-refractivity contribution is 0.248. The van der Waals surface area contributed by atoms with Crippen molar-refractivity contribution in [2.75, 3.05) is 0 Å². The Morgan fingerprint density at radius 3 is 1.39 bits per heavy atom. The van der Waals surface area contributed by atoms with E-state index in [2.05, 4.69) is 51.1 Å². The third-order valence-electron chi connectivity index (χ3n) is 8.24. The molecule has 0 fully saturated rings. The van der Waals surface area contributed by atoms with Crippen LogP contribution in [0, 0.1) is 5.41 Å². The van der Waals surface area contributed by atoms with Gasteiger partial charge in [-0.15, -0.1) is 11.6 Å². The maximum absolute atomic E-state index is 6.03. The SMILES string of the molecule is CCCCCCCCCCCCC(C)(CCCCCCCCCCCCC(C)Cl)Cc1ccccc1. The van der Waals surface area contributed by atoms with Gasteiger partial charge in [-0.2, -0.15) is 0 Å². The molecule has 0 nitrogen and oxygen atoms in total. The summed E-state index contributed by atoms with van der Waals surface area (Å²) in [5.41, 5.74) is 2.01. The summed E-state index contributed by atoms with van der Waals surface area (Å²) in [5.74, 6) is 0. The second-order valence-corrected chi connectivity index (χ2v) is 13.0. The summed E-state index contributed by atoms with van der Waals surface area (Å²) in [6.07, 6.45) is 33.7. The number of unbranched alkanes of at least 4 members (excludes halogenated alkanes) is 18. The van der Waals surface area contributed by atoms with E-state index < -0.39 is 0 Å². The van der Waals surface area contributed by atoms with Gasteiger partial charge in [-0.25, -0.2) is 0 Å². The fourth-order valence-electron chi connectivity index (χ4n) is 5.82. The summed E-state index contributed by atoms with van der Waals surface area (Å²) in [6, 6.07) is 11.3. The molecule has 0 radical (unpaired) electrons. The predicted octanol–water partition coefficient (Wildman–Crippen LogP) is 12.9. The number of benzene rings is 1. The molecule has 0 bridgehead atoms. The van der Waals surface area contributed by atoms with Gasteiger partial charge in [0.15, 0.2) is 0 Å². The maximum atomic E-state index is 6.03. The number of halogens is 1. The fraction of sp³-hybridized carbons (Fsp3) is 0.829. The van der Waals surface area contributed by atoms with Crippen LogP contribution in [0.25, 0.3) is 0 Å². The molecule has 0 saturated heterocycles. The standard InChI is InChI=1S/C35H63Cl/c1-4-5-6-7-8-9-13-16-19-25-30-35(3,32-34-28-23-21-24-29-34)31-26-20-17-14-11-10-12-15-18-22-27-33(2)36/h21,23-24,28-29,33H,4-20,22,25-27,30-32H2,1-3H3. The lowest BCUT2D eigenvalue weighted by Gasteiger charge is -2.30. The molecule has 36 heavy (non-hydrogen) atoms. The van der Waals surface area contributed by atoms with Crippen molar-refractivity contribution < 1.29 is 0 Å². The Kier molecular flexibility index (Phi) is 22.0. The van der Waals surface area contributed by atoms with Gasteiger partial charge in [0.1, 0.15) is 0 Å². The molecular weight excluding hydrogens is 456 g/mol. The highest BCUT2D eigenvalue weighted by atomic mass is 35.5. The molecule has 0 aliphatic rings. The quantitative estimate of drug-likeness (QED) is 0.0844. The van der Waals surface area contributed by atoms with Crippen LogP contribution in [0.5, 0.6) is 0 Å². The third-order valence-corrected chi connectivity index (χ3v) is 8.46. The van der Waals surface area contributed by atoms with E-state index in [0.29, 0.717) is 10.8 Å². The van der Waals surface area contributed by atoms with Gasteiger partial charge < -0.3 is 0 Å². The van der Waals surface area contributed by atoms with Gasteiger partial charge in [0.2, 0.25) is 0 Å². The summed E-state index contributed by atoms with van der Waals surface area (Å²) < 4.78 is 0. The highest BCUT2D eigenvalue weighted by Gasteiger charge is 2.23. The van der Waals surface area contributed by atoms with Crippen LogP contribution in [0.1, 0.15) is 174 Å². The van der Waals surface area contributed by atoms with Gasteiger partial charge >= 0.3 is 0 Å². The van der Waals surface area contributed by atoms with E-state index in [1.54, 1.807) is 0 Å². The molecule has 0 aliphatic heterocycles. The second-order valence-electron chi connectivity index (χ2n) is 12.3. The predicted molar refractivity (Wildman–Crippen MR) is 165 cm³/mol. The molecule has 2 unspecified atom stereocenters. The Balaban J connectivity index is 2.17. The minimum atomic E-state index is 0.356. The number of alkyl halides is 1. The van der Waals surface area contributed by atoms with E-state index in [-0.39, 0.29) is 0 Å². The largest absolute Gasteiger partial charge is 0.123 e. The first-order valence-electron chi connectivity index (χ1n) is 16.2. The monoisotopic (exact) mass is 518 g/mol. The van der Waals surface area contributed by atoms with Crippen molar-refractivity contribution in [3.8, 4) is 0 Å². The zero-order valence-corrected chi connectivity index (χ0v) is 25.6. The van der Waals surface area contributed by atoms with Crippen LogP contribution in [0.15, 0.2) is 30.3 Å². The van der Waals surface area contributed by atoms with Gasteiger partial charge in [0, 0.05) is 5.38 Å². The van der Waals surface area contributed by atoms with Crippen LogP contribution in [-0.4, -0.2) is 5.38 Å². The lowest BCUT2D eigenvalue weighted by atomic mass is 9.75. The molecule has 0 N–H and O–H groups in total. The highest BCUT2D eigenvalue weighted by molar-refractivity contribution is 6.20. The van der Waals surface area contributed by atoms with Crippen LogP contribution < -0.4 is 0 Å². The van der Waals surface area contributed by atoms with E-state index in [9.17, 15) is 0 Å². The highest BCUT2D eigenvalue weighted by Crippen LogP contribution is 2.35. The number of hydrogen-bond donors (Lipinski definition) is 0. The summed E-state index contributed by atoms with van der Waals surface area (Å²) in [5, 5.41) is 0.356. The Hall–Kier alpha value is -0.490. The van der Waals surface area contributed by atoms with Gasteiger partial charge in [0.25, 0.3) is 0 Å². The molecule has 2 atom stereocenters. The van der Waals surface area contributed by atoms with Crippen LogP contribution >= 0.6 is 11.6 Å². The minimum Gasteiger partial charge on any atom is -0.123 e. The molecule has 0 aromatic heterocycles. The maximum Gasteiger partial charge on any atom is 0.0307 e. The van der Waals surface area contributed by atoms with Gasteiger partial charge in [-0.3, -0.25) is 0 Å². The first-order valence-corrected chi connectivity index (χ1v) is 16.7. The third kappa shape index (κ3) is 20.6. The Morgan fingerprint density at radius 2 is 0.972 bits per heavy atom. The van der Waals surface area contributed by atoms with Crippen molar-refractivity contribution >= 4 is 11.6 Å². The molecule has 0 saturated carbocycles. The summed E-state index contributed by atoms with van der Waals surface area (Å²) in [4.78, 5) is 0. The molecule has 0 amide bonds. The van der Waals surface area contributed by atoms with Crippen LogP contribution in [0.4, 0.5) is 0 Å². The van der Waals surface area contributed by atoms with E-state index in [0.717, 1.165) is 0 Å². The van der Waals surface area contributed by atoms with Crippen LogP contribution in [0.2, 0.25) is 0 Å². The van der Waals surface area contributed by atoms with E-state index >= 15 is 0 Å². The van der Waals surface area contributed by atoms with Crippen LogP contribution in [0.3, 0.4) is 0 Å². The molecule has 1 heteroatoms. The average molecular weight is 519 g/mol. The smallest absolute Gasteiger partial charge is 0.0307 e. The van der Waals surface area contributed by atoms with Crippen molar-refractivity contribution in [2.24, 2.45) is 5.41 Å². The summed E-state index contributed by atoms with van der Waals surface area (Å²) >= 11 is 6.03. The van der Waals surface area contributed by atoms with Crippen LogP contribution in [-0.2, 0) is 6.42 Å². The van der Waals surface area contributed by atoms with Crippen molar-refractivity contribution in [2.45, 2.75) is 180 Å². The summed E-state index contributed by atoms with van der Waals surface area (Å²) in [6.45, 7) is 7.00. The van der Waals surface area contributed by atoms with Crippen molar-refractivity contribution in [1.29, 1.82) is 0 Å². The molecule has 1 aromatic carbocycles. The zero-order chi connectivity index (χ0) is 26.2. The van der Waals surface area contributed by atoms with Crippen molar-refractivity contribution in [1.82, 2.24) is 0 Å².